The molecular weight excluding hydrogens is 404 g/mol. The molecule has 0 saturated heterocycles. The number of nitrogens with zero attached hydrogens (tertiary/aromatic N) is 3. The Morgan fingerprint density at radius 2 is 1.60 bits per heavy atom. The average molecular weight is 421 g/mol. The minimum absolute atomic E-state index is 0.151. The molecule has 0 aliphatic carbocycles. The molecule has 0 fully saturated rings. The summed E-state index contributed by atoms with van der Waals surface area (Å²) >= 11 is 6.37. The van der Waals surface area contributed by atoms with Crippen LogP contribution in [0.5, 0.6) is 0 Å². The number of aromatic nitrogens is 4. The van der Waals surface area contributed by atoms with Crippen LogP contribution in [0.15, 0.2) is 66.7 Å². The maximum absolute atomic E-state index is 12.6. The summed E-state index contributed by atoms with van der Waals surface area (Å²) in [4.78, 5) is 25.0. The van der Waals surface area contributed by atoms with Gasteiger partial charge in [0.25, 0.3) is 11.8 Å². The number of hydrogen-bond acceptors (Lipinski definition) is 4. The number of rotatable bonds is 4. The number of carbonyl (C=O) groups excluding carboxylic acids is 2. The fraction of sp³-hybridized carbons (Fsp3) is 0.0476. The van der Waals surface area contributed by atoms with Gasteiger partial charge in [-0.3, -0.25) is 25.5 Å². The molecule has 2 aromatic carbocycles. The number of carbonyl (C=O) groups is 2. The summed E-state index contributed by atoms with van der Waals surface area (Å²) < 4.78 is 1.47. The highest BCUT2D eigenvalue weighted by Crippen LogP contribution is 2.23. The van der Waals surface area contributed by atoms with Crippen molar-refractivity contribution in [2.45, 2.75) is 6.92 Å². The normalized spacial score (nSPS) is 10.6. The number of H-pyrrole nitrogens is 1. The third kappa shape index (κ3) is 3.81. The molecule has 0 aliphatic heterocycles. The molecule has 8 nitrogen and oxygen atoms in total. The third-order valence-electron chi connectivity index (χ3n) is 4.41. The number of amides is 2. The van der Waals surface area contributed by atoms with Gasteiger partial charge in [0.05, 0.1) is 17.1 Å². The van der Waals surface area contributed by atoms with Crippen molar-refractivity contribution in [2.75, 3.05) is 0 Å². The van der Waals surface area contributed by atoms with E-state index in [-0.39, 0.29) is 16.4 Å². The van der Waals surface area contributed by atoms with Crippen LogP contribution >= 0.6 is 11.6 Å². The Labute approximate surface area is 176 Å². The summed E-state index contributed by atoms with van der Waals surface area (Å²) in [7, 11) is 0. The van der Waals surface area contributed by atoms with Gasteiger partial charge in [-0.1, -0.05) is 60.1 Å². The lowest BCUT2D eigenvalue weighted by molar-refractivity contribution is 0.0843. The molecule has 150 valence electrons. The quantitative estimate of drug-likeness (QED) is 0.440. The van der Waals surface area contributed by atoms with E-state index >= 15 is 0 Å². The van der Waals surface area contributed by atoms with Crippen LogP contribution in [0.25, 0.3) is 16.9 Å². The van der Waals surface area contributed by atoms with Crippen LogP contribution < -0.4 is 10.9 Å². The summed E-state index contributed by atoms with van der Waals surface area (Å²) in [6.07, 6.45) is 0. The maximum Gasteiger partial charge on any atom is 0.287 e. The number of halogens is 1. The SMILES string of the molecule is Cc1nn(-c2ccccc2)c(Cl)c1C(=O)NNC(=O)c1cc(-c2ccccc2)n[nH]1. The summed E-state index contributed by atoms with van der Waals surface area (Å²) in [5, 5.41) is 11.3. The van der Waals surface area contributed by atoms with Gasteiger partial charge in [-0.05, 0) is 25.1 Å². The average Bonchev–Trinajstić information content (AvgIpc) is 3.38. The summed E-state index contributed by atoms with van der Waals surface area (Å²) in [6.45, 7) is 1.67. The number of aromatic amines is 1. The molecule has 3 N–H and O–H groups in total. The molecule has 9 heteroatoms. The van der Waals surface area contributed by atoms with Crippen LogP contribution in [-0.4, -0.2) is 31.8 Å². The van der Waals surface area contributed by atoms with E-state index in [1.165, 1.54) is 4.68 Å². The van der Waals surface area contributed by atoms with Crippen molar-refractivity contribution >= 4 is 23.4 Å². The molecular formula is C21H17ClN6O2. The zero-order chi connectivity index (χ0) is 21.1. The van der Waals surface area contributed by atoms with E-state index in [1.54, 1.807) is 13.0 Å². The van der Waals surface area contributed by atoms with E-state index in [0.717, 1.165) is 11.3 Å². The van der Waals surface area contributed by atoms with Crippen molar-refractivity contribution in [3.8, 4) is 16.9 Å². The van der Waals surface area contributed by atoms with Crippen molar-refractivity contribution in [2.24, 2.45) is 0 Å². The molecule has 0 atom stereocenters. The van der Waals surface area contributed by atoms with Gasteiger partial charge in [0, 0.05) is 5.56 Å². The van der Waals surface area contributed by atoms with Gasteiger partial charge in [-0.15, -0.1) is 0 Å². The first-order valence-electron chi connectivity index (χ1n) is 9.06. The van der Waals surface area contributed by atoms with Gasteiger partial charge < -0.3 is 0 Å². The van der Waals surface area contributed by atoms with Gasteiger partial charge in [0.15, 0.2) is 0 Å². The van der Waals surface area contributed by atoms with Gasteiger partial charge >= 0.3 is 0 Å². The smallest absolute Gasteiger partial charge is 0.272 e. The van der Waals surface area contributed by atoms with Crippen molar-refractivity contribution in [3.05, 3.63) is 88.8 Å². The summed E-state index contributed by atoms with van der Waals surface area (Å²) in [5.74, 6) is -1.11. The molecule has 2 aromatic heterocycles. The highest BCUT2D eigenvalue weighted by Gasteiger charge is 2.22. The zero-order valence-electron chi connectivity index (χ0n) is 15.9. The molecule has 2 amide bonds. The van der Waals surface area contributed by atoms with Gasteiger partial charge in [0.2, 0.25) is 0 Å². The molecule has 30 heavy (non-hydrogen) atoms. The Morgan fingerprint density at radius 3 is 2.30 bits per heavy atom. The van der Waals surface area contributed by atoms with E-state index in [1.807, 2.05) is 60.7 Å². The highest BCUT2D eigenvalue weighted by molar-refractivity contribution is 6.33. The van der Waals surface area contributed by atoms with Crippen molar-refractivity contribution < 1.29 is 9.59 Å². The van der Waals surface area contributed by atoms with Crippen molar-refractivity contribution in [3.63, 3.8) is 0 Å². The molecule has 4 rings (SSSR count). The van der Waals surface area contributed by atoms with Crippen molar-refractivity contribution in [1.29, 1.82) is 0 Å². The zero-order valence-corrected chi connectivity index (χ0v) is 16.6. The molecule has 0 radical (unpaired) electrons. The molecule has 4 aromatic rings. The van der Waals surface area contributed by atoms with E-state index in [2.05, 4.69) is 26.1 Å². The minimum Gasteiger partial charge on any atom is -0.272 e. The van der Waals surface area contributed by atoms with Crippen LogP contribution in [-0.2, 0) is 0 Å². The second-order valence-corrected chi connectivity index (χ2v) is 6.80. The Hall–Kier alpha value is -3.91. The predicted octanol–water partition coefficient (Wildman–Crippen LogP) is 3.30. The topological polar surface area (TPSA) is 105 Å². The molecule has 0 aliphatic rings. The minimum atomic E-state index is -0.573. The maximum atomic E-state index is 12.6. The Morgan fingerprint density at radius 1 is 0.967 bits per heavy atom. The third-order valence-corrected chi connectivity index (χ3v) is 4.76. The predicted molar refractivity (Wildman–Crippen MR) is 112 cm³/mol. The second-order valence-electron chi connectivity index (χ2n) is 6.44. The highest BCUT2D eigenvalue weighted by atomic mass is 35.5. The van der Waals surface area contributed by atoms with Crippen LogP contribution in [0.3, 0.4) is 0 Å². The Balaban J connectivity index is 1.46. The monoisotopic (exact) mass is 420 g/mol. The molecule has 2 heterocycles. The number of aryl methyl sites for hydroxylation is 1. The lowest BCUT2D eigenvalue weighted by atomic mass is 10.1. The first-order chi connectivity index (χ1) is 14.5. The number of benzene rings is 2. The van der Waals surface area contributed by atoms with Crippen molar-refractivity contribution in [1.82, 2.24) is 30.8 Å². The van der Waals surface area contributed by atoms with Gasteiger partial charge in [0.1, 0.15) is 16.4 Å². The van der Waals surface area contributed by atoms with E-state index in [4.69, 9.17) is 11.6 Å². The number of para-hydroxylation sites is 1. The second kappa shape index (κ2) is 8.22. The molecule has 0 saturated carbocycles. The Bertz CT molecular complexity index is 1200. The van der Waals surface area contributed by atoms with Gasteiger partial charge in [-0.25, -0.2) is 4.68 Å². The molecule has 0 bridgehead atoms. The van der Waals surface area contributed by atoms with E-state index < -0.39 is 11.8 Å². The van der Waals surface area contributed by atoms with E-state index in [9.17, 15) is 9.59 Å². The van der Waals surface area contributed by atoms with Crippen LogP contribution in [0.2, 0.25) is 5.15 Å². The molecule has 0 unspecified atom stereocenters. The first-order valence-corrected chi connectivity index (χ1v) is 9.44. The van der Waals surface area contributed by atoms with Crippen LogP contribution in [0.4, 0.5) is 0 Å². The van der Waals surface area contributed by atoms with Crippen LogP contribution in [0, 0.1) is 6.92 Å². The standard InChI is InChI=1S/C21H17ClN6O2/c1-13-18(19(22)28(27-13)15-10-6-3-7-11-15)21(30)26-25-20(29)17-12-16(23-24-17)14-8-4-2-5-9-14/h2-12H,1H3,(H,23,24)(H,25,29)(H,26,30). The number of hydrazine groups is 1. The fourth-order valence-electron chi connectivity index (χ4n) is 2.94. The number of nitrogens with one attached hydrogen (secondary N) is 3. The summed E-state index contributed by atoms with van der Waals surface area (Å²) in [5.41, 5.74) is 7.75. The summed E-state index contributed by atoms with van der Waals surface area (Å²) in [6, 6.07) is 20.2. The molecule has 0 spiro atoms. The largest absolute Gasteiger partial charge is 0.287 e. The lowest BCUT2D eigenvalue weighted by Crippen LogP contribution is -2.42. The van der Waals surface area contributed by atoms with Gasteiger partial charge in [-0.2, -0.15) is 10.2 Å². The Kier molecular flexibility index (Phi) is 5.32. The van der Waals surface area contributed by atoms with E-state index in [0.29, 0.717) is 11.4 Å². The first kappa shape index (κ1) is 19.4. The fourth-order valence-corrected chi connectivity index (χ4v) is 3.29. The lowest BCUT2D eigenvalue weighted by Gasteiger charge is -2.06. The van der Waals surface area contributed by atoms with Crippen LogP contribution in [0.1, 0.15) is 26.5 Å². The number of hydrogen-bond donors (Lipinski definition) is 3.